The number of carbonyl (C=O) groups is 1. The predicted octanol–water partition coefficient (Wildman–Crippen LogP) is 2.85. The van der Waals surface area contributed by atoms with E-state index in [0.717, 1.165) is 11.3 Å². The minimum Gasteiger partial charge on any atom is -0.336 e. The van der Waals surface area contributed by atoms with Crippen molar-refractivity contribution < 1.29 is 4.79 Å². The van der Waals surface area contributed by atoms with Crippen LogP contribution in [0.1, 0.15) is 21.6 Å². The average molecular weight is 306 g/mol. The summed E-state index contributed by atoms with van der Waals surface area (Å²) in [6.45, 7) is 2.57. The van der Waals surface area contributed by atoms with Gasteiger partial charge in [0, 0.05) is 13.6 Å². The first-order valence-electron chi connectivity index (χ1n) is 7.42. The minimum absolute atomic E-state index is 0.146. The summed E-state index contributed by atoms with van der Waals surface area (Å²) < 4.78 is 1.61. The molecule has 0 aliphatic rings. The number of benzene rings is 2. The van der Waals surface area contributed by atoms with Gasteiger partial charge in [-0.1, -0.05) is 53.2 Å². The number of nitrogens with zero attached hydrogens (tertiary/aromatic N) is 4. The lowest BCUT2D eigenvalue weighted by atomic mass is 10.2. The second kappa shape index (κ2) is 6.44. The van der Waals surface area contributed by atoms with Crippen molar-refractivity contribution in [1.29, 1.82) is 0 Å². The monoisotopic (exact) mass is 306 g/mol. The van der Waals surface area contributed by atoms with Gasteiger partial charge in [0.25, 0.3) is 5.91 Å². The summed E-state index contributed by atoms with van der Waals surface area (Å²) in [6, 6.07) is 17.8. The van der Waals surface area contributed by atoms with Crippen LogP contribution in [0.3, 0.4) is 0 Å². The molecular formula is C18H18N4O. The lowest BCUT2D eigenvalue weighted by Gasteiger charge is -2.15. The zero-order chi connectivity index (χ0) is 16.2. The van der Waals surface area contributed by atoms with Crippen molar-refractivity contribution in [1.82, 2.24) is 19.9 Å². The van der Waals surface area contributed by atoms with Crippen molar-refractivity contribution in [2.45, 2.75) is 13.5 Å². The SMILES string of the molecule is Cc1ccc(-n2cc(C(=O)N(C)Cc3ccccc3)nn2)cc1. The lowest BCUT2D eigenvalue weighted by molar-refractivity contribution is 0.0779. The fourth-order valence-electron chi connectivity index (χ4n) is 2.31. The third-order valence-electron chi connectivity index (χ3n) is 3.62. The van der Waals surface area contributed by atoms with Crippen LogP contribution in [-0.4, -0.2) is 32.8 Å². The van der Waals surface area contributed by atoms with Crippen LogP contribution in [0, 0.1) is 6.92 Å². The second-order valence-electron chi connectivity index (χ2n) is 5.53. The van der Waals surface area contributed by atoms with Crippen LogP contribution in [0.2, 0.25) is 0 Å². The summed E-state index contributed by atoms with van der Waals surface area (Å²) in [4.78, 5) is 14.1. The molecule has 0 atom stereocenters. The van der Waals surface area contributed by atoms with Gasteiger partial charge < -0.3 is 4.90 Å². The minimum atomic E-state index is -0.146. The van der Waals surface area contributed by atoms with Gasteiger partial charge >= 0.3 is 0 Å². The normalized spacial score (nSPS) is 10.5. The van der Waals surface area contributed by atoms with Crippen molar-refractivity contribution in [2.24, 2.45) is 0 Å². The Bertz CT molecular complexity index is 793. The molecule has 23 heavy (non-hydrogen) atoms. The molecule has 0 fully saturated rings. The first kappa shape index (κ1) is 15.0. The van der Waals surface area contributed by atoms with Gasteiger partial charge in [0.1, 0.15) is 0 Å². The third-order valence-corrected chi connectivity index (χ3v) is 3.62. The van der Waals surface area contributed by atoms with Crippen LogP contribution in [-0.2, 0) is 6.54 Å². The van der Waals surface area contributed by atoms with Gasteiger partial charge in [0.2, 0.25) is 0 Å². The number of hydrogen-bond acceptors (Lipinski definition) is 3. The maximum atomic E-state index is 12.5. The highest BCUT2D eigenvalue weighted by Crippen LogP contribution is 2.10. The largest absolute Gasteiger partial charge is 0.336 e. The number of aryl methyl sites for hydroxylation is 1. The molecule has 0 unspecified atom stereocenters. The van der Waals surface area contributed by atoms with Gasteiger partial charge in [-0.15, -0.1) is 5.10 Å². The Morgan fingerprint density at radius 1 is 1.09 bits per heavy atom. The van der Waals surface area contributed by atoms with Crippen LogP contribution >= 0.6 is 0 Å². The fraction of sp³-hybridized carbons (Fsp3) is 0.167. The Hall–Kier alpha value is -2.95. The molecule has 116 valence electrons. The molecule has 5 nitrogen and oxygen atoms in total. The van der Waals surface area contributed by atoms with Gasteiger partial charge in [-0.25, -0.2) is 4.68 Å². The molecular weight excluding hydrogens is 288 g/mol. The Balaban J connectivity index is 1.74. The summed E-state index contributed by atoms with van der Waals surface area (Å²) in [5, 5.41) is 8.05. The standard InChI is InChI=1S/C18H18N4O/c1-14-8-10-16(11-9-14)22-13-17(19-20-22)18(23)21(2)12-15-6-4-3-5-7-15/h3-11,13H,12H2,1-2H3. The van der Waals surface area contributed by atoms with Crippen molar-refractivity contribution >= 4 is 5.91 Å². The van der Waals surface area contributed by atoms with E-state index < -0.39 is 0 Å². The Labute approximate surface area is 135 Å². The van der Waals surface area contributed by atoms with Crippen LogP contribution in [0.4, 0.5) is 0 Å². The molecule has 3 aromatic rings. The van der Waals surface area contributed by atoms with E-state index in [2.05, 4.69) is 10.3 Å². The van der Waals surface area contributed by atoms with E-state index in [4.69, 9.17) is 0 Å². The lowest BCUT2D eigenvalue weighted by Crippen LogP contribution is -2.26. The van der Waals surface area contributed by atoms with E-state index in [0.29, 0.717) is 12.2 Å². The molecule has 0 aliphatic heterocycles. The third kappa shape index (κ3) is 3.45. The molecule has 1 amide bonds. The summed E-state index contributed by atoms with van der Waals surface area (Å²) in [6.07, 6.45) is 1.66. The van der Waals surface area contributed by atoms with Crippen molar-refractivity contribution in [3.63, 3.8) is 0 Å². The van der Waals surface area contributed by atoms with Crippen LogP contribution < -0.4 is 0 Å². The number of amides is 1. The first-order chi connectivity index (χ1) is 11.1. The number of carbonyl (C=O) groups excluding carboxylic acids is 1. The fourth-order valence-corrected chi connectivity index (χ4v) is 2.31. The van der Waals surface area contributed by atoms with Gasteiger partial charge in [-0.05, 0) is 24.6 Å². The average Bonchev–Trinajstić information content (AvgIpc) is 3.05. The summed E-state index contributed by atoms with van der Waals surface area (Å²) in [7, 11) is 1.76. The Morgan fingerprint density at radius 2 is 1.78 bits per heavy atom. The molecule has 0 spiro atoms. The molecule has 0 saturated carbocycles. The van der Waals surface area contributed by atoms with Crippen molar-refractivity contribution in [3.8, 4) is 5.69 Å². The maximum absolute atomic E-state index is 12.5. The summed E-state index contributed by atoms with van der Waals surface area (Å²) >= 11 is 0. The topological polar surface area (TPSA) is 51.0 Å². The summed E-state index contributed by atoms with van der Waals surface area (Å²) in [5.41, 5.74) is 3.47. The van der Waals surface area contributed by atoms with Gasteiger partial charge in [-0.2, -0.15) is 0 Å². The molecule has 0 saturated heterocycles. The highest BCUT2D eigenvalue weighted by Gasteiger charge is 2.16. The molecule has 0 bridgehead atoms. The van der Waals surface area contributed by atoms with E-state index in [1.807, 2.05) is 61.5 Å². The molecule has 1 heterocycles. The molecule has 0 aliphatic carbocycles. The zero-order valence-corrected chi connectivity index (χ0v) is 13.2. The Morgan fingerprint density at radius 3 is 2.48 bits per heavy atom. The van der Waals surface area contributed by atoms with Crippen molar-refractivity contribution in [2.75, 3.05) is 7.05 Å². The molecule has 0 N–H and O–H groups in total. The van der Waals surface area contributed by atoms with Crippen LogP contribution in [0.15, 0.2) is 60.8 Å². The maximum Gasteiger partial charge on any atom is 0.276 e. The number of hydrogen-bond donors (Lipinski definition) is 0. The number of rotatable bonds is 4. The van der Waals surface area contributed by atoms with E-state index in [9.17, 15) is 4.79 Å². The quantitative estimate of drug-likeness (QED) is 0.745. The van der Waals surface area contributed by atoms with E-state index >= 15 is 0 Å². The molecule has 2 aromatic carbocycles. The first-order valence-corrected chi connectivity index (χ1v) is 7.42. The van der Waals surface area contributed by atoms with Gasteiger partial charge in [-0.3, -0.25) is 4.79 Å². The Kier molecular flexibility index (Phi) is 4.19. The molecule has 5 heteroatoms. The molecule has 3 rings (SSSR count). The molecule has 1 aromatic heterocycles. The highest BCUT2D eigenvalue weighted by molar-refractivity contribution is 5.91. The van der Waals surface area contributed by atoms with Crippen molar-refractivity contribution in [3.05, 3.63) is 77.6 Å². The predicted molar refractivity (Wildman–Crippen MR) is 88.3 cm³/mol. The van der Waals surface area contributed by atoms with Crippen LogP contribution in [0.5, 0.6) is 0 Å². The van der Waals surface area contributed by atoms with E-state index in [-0.39, 0.29) is 5.91 Å². The summed E-state index contributed by atoms with van der Waals surface area (Å²) in [5.74, 6) is -0.146. The smallest absolute Gasteiger partial charge is 0.276 e. The van der Waals surface area contributed by atoms with Gasteiger partial charge in [0.15, 0.2) is 5.69 Å². The van der Waals surface area contributed by atoms with Gasteiger partial charge in [0.05, 0.1) is 11.9 Å². The second-order valence-corrected chi connectivity index (χ2v) is 5.53. The highest BCUT2D eigenvalue weighted by atomic mass is 16.2. The molecule has 0 radical (unpaired) electrons. The number of aromatic nitrogens is 3. The zero-order valence-electron chi connectivity index (χ0n) is 13.2. The van der Waals surface area contributed by atoms with Crippen LogP contribution in [0.25, 0.3) is 5.69 Å². The van der Waals surface area contributed by atoms with E-state index in [1.165, 1.54) is 5.56 Å². The van der Waals surface area contributed by atoms with E-state index in [1.54, 1.807) is 22.8 Å².